The molecule has 0 aliphatic carbocycles. The third-order valence-corrected chi connectivity index (χ3v) is 3.18. The van der Waals surface area contributed by atoms with E-state index < -0.39 is 0 Å². The van der Waals surface area contributed by atoms with Crippen LogP contribution in [0.25, 0.3) is 0 Å². The molecule has 3 nitrogen and oxygen atoms in total. The van der Waals surface area contributed by atoms with E-state index in [2.05, 4.69) is 22.2 Å². The van der Waals surface area contributed by atoms with Crippen molar-refractivity contribution in [2.24, 2.45) is 0 Å². The third-order valence-electron chi connectivity index (χ3n) is 3.18. The van der Waals surface area contributed by atoms with E-state index in [1.54, 1.807) is 12.3 Å². The predicted octanol–water partition coefficient (Wildman–Crippen LogP) is 3.21. The van der Waals surface area contributed by atoms with E-state index in [-0.39, 0.29) is 11.9 Å². The third kappa shape index (κ3) is 3.84. The number of hydrogen-bond acceptors (Lipinski definition) is 3. The largest absolute Gasteiger partial charge is 0.308 e. The second-order valence-electron chi connectivity index (χ2n) is 4.83. The van der Waals surface area contributed by atoms with Gasteiger partial charge in [-0.25, -0.2) is 14.4 Å². The summed E-state index contributed by atoms with van der Waals surface area (Å²) in [5.74, 6) is 0.570. The molecule has 2 rings (SSSR count). The molecule has 1 aromatic carbocycles. The zero-order chi connectivity index (χ0) is 14.4. The minimum Gasteiger partial charge on any atom is -0.308 e. The van der Waals surface area contributed by atoms with Crippen molar-refractivity contribution >= 4 is 0 Å². The molecule has 0 aliphatic heterocycles. The van der Waals surface area contributed by atoms with Gasteiger partial charge in [0.1, 0.15) is 11.6 Å². The zero-order valence-electron chi connectivity index (χ0n) is 11.9. The summed E-state index contributed by atoms with van der Waals surface area (Å²) in [6.07, 6.45) is 3.36. The topological polar surface area (TPSA) is 37.8 Å². The van der Waals surface area contributed by atoms with Crippen LogP contribution in [-0.4, -0.2) is 16.5 Å². The molecule has 2 aromatic rings. The van der Waals surface area contributed by atoms with Gasteiger partial charge >= 0.3 is 0 Å². The van der Waals surface area contributed by atoms with Crippen molar-refractivity contribution in [3.05, 3.63) is 59.4 Å². The van der Waals surface area contributed by atoms with Crippen LogP contribution in [0.3, 0.4) is 0 Å². The Morgan fingerprint density at radius 3 is 2.75 bits per heavy atom. The van der Waals surface area contributed by atoms with Crippen molar-refractivity contribution in [2.75, 3.05) is 6.54 Å². The molecule has 0 saturated heterocycles. The number of hydrogen-bond donors (Lipinski definition) is 1. The summed E-state index contributed by atoms with van der Waals surface area (Å²) in [7, 11) is 0. The highest BCUT2D eigenvalue weighted by Crippen LogP contribution is 2.18. The number of nitrogens with zero attached hydrogens (tertiary/aromatic N) is 2. The quantitative estimate of drug-likeness (QED) is 0.878. The lowest BCUT2D eigenvalue weighted by Crippen LogP contribution is -2.25. The van der Waals surface area contributed by atoms with Gasteiger partial charge in [0, 0.05) is 6.20 Å². The van der Waals surface area contributed by atoms with E-state index in [0.717, 1.165) is 24.5 Å². The van der Waals surface area contributed by atoms with E-state index in [4.69, 9.17) is 0 Å². The maximum Gasteiger partial charge on any atom is 0.126 e. The van der Waals surface area contributed by atoms with Gasteiger partial charge < -0.3 is 5.32 Å². The highest BCUT2D eigenvalue weighted by molar-refractivity contribution is 5.21. The van der Waals surface area contributed by atoms with E-state index in [1.807, 2.05) is 25.1 Å². The van der Waals surface area contributed by atoms with Gasteiger partial charge in [-0.15, -0.1) is 0 Å². The fraction of sp³-hybridized carbons (Fsp3) is 0.375. The molecule has 106 valence electrons. The van der Waals surface area contributed by atoms with E-state index in [0.29, 0.717) is 12.0 Å². The maximum absolute atomic E-state index is 13.8. The van der Waals surface area contributed by atoms with Gasteiger partial charge in [-0.2, -0.15) is 0 Å². The standard InChI is InChI=1S/C16H20FN3/c1-3-9-19-16(15-8-10-18-12(2)20-15)11-13-6-4-5-7-14(13)17/h4-8,10,16,19H,3,9,11H2,1-2H3. The Morgan fingerprint density at radius 2 is 2.05 bits per heavy atom. The average Bonchev–Trinajstić information content (AvgIpc) is 2.45. The summed E-state index contributed by atoms with van der Waals surface area (Å²) in [6, 6.07) is 8.79. The Balaban J connectivity index is 2.21. The second-order valence-corrected chi connectivity index (χ2v) is 4.83. The van der Waals surface area contributed by atoms with Crippen LogP contribution in [0.4, 0.5) is 4.39 Å². The fourth-order valence-corrected chi connectivity index (χ4v) is 2.15. The highest BCUT2D eigenvalue weighted by atomic mass is 19.1. The van der Waals surface area contributed by atoms with Gasteiger partial charge in [0.25, 0.3) is 0 Å². The molecular formula is C16H20FN3. The molecule has 0 saturated carbocycles. The summed E-state index contributed by atoms with van der Waals surface area (Å²) in [4.78, 5) is 8.57. The first-order chi connectivity index (χ1) is 9.70. The number of aryl methyl sites for hydroxylation is 1. The summed E-state index contributed by atoms with van der Waals surface area (Å²) >= 11 is 0. The first-order valence-electron chi connectivity index (χ1n) is 6.97. The zero-order valence-corrected chi connectivity index (χ0v) is 11.9. The van der Waals surface area contributed by atoms with E-state index >= 15 is 0 Å². The van der Waals surface area contributed by atoms with Gasteiger partial charge in [0.2, 0.25) is 0 Å². The fourth-order valence-electron chi connectivity index (χ4n) is 2.15. The predicted molar refractivity (Wildman–Crippen MR) is 77.9 cm³/mol. The molecule has 1 N–H and O–H groups in total. The van der Waals surface area contributed by atoms with Gasteiger partial charge in [0.05, 0.1) is 11.7 Å². The molecule has 1 aromatic heterocycles. The van der Waals surface area contributed by atoms with Crippen LogP contribution in [0.5, 0.6) is 0 Å². The molecule has 0 amide bonds. The summed E-state index contributed by atoms with van der Waals surface area (Å²) in [6.45, 7) is 4.85. The normalized spacial score (nSPS) is 12.3. The molecule has 1 unspecified atom stereocenters. The van der Waals surface area contributed by atoms with Gasteiger partial charge in [-0.1, -0.05) is 25.1 Å². The van der Waals surface area contributed by atoms with Crippen LogP contribution in [0, 0.1) is 12.7 Å². The lowest BCUT2D eigenvalue weighted by Gasteiger charge is -2.18. The smallest absolute Gasteiger partial charge is 0.126 e. The molecule has 20 heavy (non-hydrogen) atoms. The van der Waals surface area contributed by atoms with Gasteiger partial charge in [0.15, 0.2) is 0 Å². The lowest BCUT2D eigenvalue weighted by atomic mass is 10.0. The number of rotatable bonds is 6. The van der Waals surface area contributed by atoms with Crippen LogP contribution in [0.15, 0.2) is 36.5 Å². The van der Waals surface area contributed by atoms with Crippen LogP contribution < -0.4 is 5.32 Å². The first-order valence-corrected chi connectivity index (χ1v) is 6.97. The van der Waals surface area contributed by atoms with Crippen molar-refractivity contribution in [1.29, 1.82) is 0 Å². The molecule has 0 aliphatic rings. The van der Waals surface area contributed by atoms with Crippen LogP contribution in [0.2, 0.25) is 0 Å². The van der Waals surface area contributed by atoms with E-state index in [9.17, 15) is 4.39 Å². The van der Waals surface area contributed by atoms with Crippen molar-refractivity contribution in [3.63, 3.8) is 0 Å². The minimum atomic E-state index is -0.165. The Labute approximate surface area is 119 Å². The SMILES string of the molecule is CCCNC(Cc1ccccc1F)c1ccnc(C)n1. The minimum absolute atomic E-state index is 0.00792. The second kappa shape index (κ2) is 7.10. The molecule has 1 heterocycles. The summed E-state index contributed by atoms with van der Waals surface area (Å²) < 4.78 is 13.8. The van der Waals surface area contributed by atoms with Gasteiger partial charge in [-0.05, 0) is 44.0 Å². The molecule has 1 atom stereocenters. The van der Waals surface area contributed by atoms with E-state index in [1.165, 1.54) is 6.07 Å². The van der Waals surface area contributed by atoms with Crippen LogP contribution >= 0.6 is 0 Å². The van der Waals surface area contributed by atoms with Crippen LogP contribution in [0.1, 0.15) is 36.5 Å². The number of halogens is 1. The summed E-state index contributed by atoms with van der Waals surface area (Å²) in [5.41, 5.74) is 1.62. The Hall–Kier alpha value is -1.81. The molecule has 0 spiro atoms. The molecular weight excluding hydrogens is 253 g/mol. The van der Waals surface area contributed by atoms with Crippen molar-refractivity contribution in [1.82, 2.24) is 15.3 Å². The molecule has 0 fully saturated rings. The maximum atomic E-state index is 13.8. The number of benzene rings is 1. The number of nitrogens with one attached hydrogen (secondary N) is 1. The van der Waals surface area contributed by atoms with Gasteiger partial charge in [-0.3, -0.25) is 0 Å². The molecule has 0 bridgehead atoms. The van der Waals surface area contributed by atoms with Crippen molar-refractivity contribution in [3.8, 4) is 0 Å². The Morgan fingerprint density at radius 1 is 1.25 bits per heavy atom. The summed E-state index contributed by atoms with van der Waals surface area (Å²) in [5, 5.41) is 3.43. The Kier molecular flexibility index (Phi) is 5.18. The number of aromatic nitrogens is 2. The Bertz CT molecular complexity index is 557. The van der Waals surface area contributed by atoms with Crippen molar-refractivity contribution in [2.45, 2.75) is 32.7 Å². The highest BCUT2D eigenvalue weighted by Gasteiger charge is 2.15. The molecule has 4 heteroatoms. The molecule has 0 radical (unpaired) electrons. The van der Waals surface area contributed by atoms with Crippen molar-refractivity contribution < 1.29 is 4.39 Å². The lowest BCUT2D eigenvalue weighted by molar-refractivity contribution is 0.501. The average molecular weight is 273 g/mol. The first kappa shape index (κ1) is 14.6. The van der Waals surface area contributed by atoms with Crippen LogP contribution in [-0.2, 0) is 6.42 Å². The monoisotopic (exact) mass is 273 g/mol.